The summed E-state index contributed by atoms with van der Waals surface area (Å²) in [4.78, 5) is 16.3. The van der Waals surface area contributed by atoms with Gasteiger partial charge in [0.25, 0.3) is 5.56 Å². The Morgan fingerprint density at radius 1 is 1.71 bits per heavy atom. The number of aromatic amines is 1. The molecule has 0 saturated heterocycles. The van der Waals surface area contributed by atoms with Gasteiger partial charge in [-0.1, -0.05) is 17.3 Å². The van der Waals surface area contributed by atoms with Gasteiger partial charge >= 0.3 is 0 Å². The van der Waals surface area contributed by atoms with Crippen molar-refractivity contribution in [2.45, 2.75) is 0 Å². The third-order valence-corrected chi connectivity index (χ3v) is 1.90. The minimum atomic E-state index is -0.176. The molecule has 1 heterocycles. The van der Waals surface area contributed by atoms with Gasteiger partial charge in [0, 0.05) is 27.7 Å². The van der Waals surface area contributed by atoms with Crippen LogP contribution in [0.4, 0.5) is 0 Å². The fraction of sp³-hybridized carbons (Fsp3) is 0.125. The van der Waals surface area contributed by atoms with E-state index in [0.717, 1.165) is 4.47 Å². The molecule has 72 valence electrons. The second kappa shape index (κ2) is 5.26. The highest BCUT2D eigenvalue weighted by Gasteiger charge is 1.94. The first-order valence-corrected chi connectivity index (χ1v) is 4.59. The SMILES string of the molecule is [N-]=[N+]=NCC=Cc1cc(Br)c[nH]c1=O. The fourth-order valence-corrected chi connectivity index (χ4v) is 1.22. The second-order valence-corrected chi connectivity index (χ2v) is 3.33. The summed E-state index contributed by atoms with van der Waals surface area (Å²) in [5.41, 5.74) is 8.36. The van der Waals surface area contributed by atoms with Gasteiger partial charge in [0.15, 0.2) is 0 Å². The average Bonchev–Trinajstić information content (AvgIpc) is 2.18. The van der Waals surface area contributed by atoms with E-state index in [0.29, 0.717) is 5.56 Å². The molecule has 0 fully saturated rings. The van der Waals surface area contributed by atoms with Crippen molar-refractivity contribution in [1.29, 1.82) is 0 Å². The third kappa shape index (κ3) is 3.08. The molecule has 1 N–H and O–H groups in total. The van der Waals surface area contributed by atoms with E-state index in [1.54, 1.807) is 24.4 Å². The first kappa shape index (κ1) is 10.6. The maximum atomic E-state index is 11.2. The molecule has 14 heavy (non-hydrogen) atoms. The third-order valence-electron chi connectivity index (χ3n) is 1.44. The minimum absolute atomic E-state index is 0.176. The van der Waals surface area contributed by atoms with Crippen LogP contribution in [0.3, 0.4) is 0 Å². The van der Waals surface area contributed by atoms with Crippen LogP contribution in [-0.4, -0.2) is 11.5 Å². The van der Waals surface area contributed by atoms with E-state index in [-0.39, 0.29) is 12.1 Å². The predicted octanol–water partition coefficient (Wildman–Crippen LogP) is 2.46. The summed E-state index contributed by atoms with van der Waals surface area (Å²) in [6.45, 7) is 0.239. The summed E-state index contributed by atoms with van der Waals surface area (Å²) in [6, 6.07) is 1.69. The zero-order chi connectivity index (χ0) is 10.4. The van der Waals surface area contributed by atoms with Crippen molar-refractivity contribution in [1.82, 2.24) is 4.98 Å². The van der Waals surface area contributed by atoms with Crippen LogP contribution in [0.25, 0.3) is 16.5 Å². The molecule has 0 amide bonds. The minimum Gasteiger partial charge on any atom is -0.327 e. The van der Waals surface area contributed by atoms with Crippen molar-refractivity contribution in [3.8, 4) is 0 Å². The van der Waals surface area contributed by atoms with Crippen LogP contribution in [0.5, 0.6) is 0 Å². The van der Waals surface area contributed by atoms with Crippen molar-refractivity contribution in [3.05, 3.63) is 49.2 Å². The Balaban J connectivity index is 2.85. The molecule has 0 aliphatic carbocycles. The molecule has 5 nitrogen and oxygen atoms in total. The van der Waals surface area contributed by atoms with Crippen LogP contribution < -0.4 is 5.56 Å². The molecule has 0 unspecified atom stereocenters. The number of hydrogen-bond donors (Lipinski definition) is 1. The molecule has 0 aromatic carbocycles. The van der Waals surface area contributed by atoms with Crippen molar-refractivity contribution in [3.63, 3.8) is 0 Å². The maximum absolute atomic E-state index is 11.2. The van der Waals surface area contributed by atoms with E-state index in [1.165, 1.54) is 0 Å². The van der Waals surface area contributed by atoms with E-state index in [1.807, 2.05) is 0 Å². The molecule has 0 radical (unpaired) electrons. The standard InChI is InChI=1S/C8H7BrN4O/c9-7-4-6(8(14)11-5-7)2-1-3-12-13-10/h1-2,4-5H,3H2,(H,11,14). The van der Waals surface area contributed by atoms with E-state index in [9.17, 15) is 4.79 Å². The summed E-state index contributed by atoms with van der Waals surface area (Å²) in [7, 11) is 0. The number of hydrogen-bond acceptors (Lipinski definition) is 2. The van der Waals surface area contributed by atoms with Crippen LogP contribution in [0.1, 0.15) is 5.56 Å². The number of halogens is 1. The molecule has 6 heteroatoms. The Kier molecular flexibility index (Phi) is 3.97. The smallest absolute Gasteiger partial charge is 0.255 e. The van der Waals surface area contributed by atoms with Crippen molar-refractivity contribution >= 4 is 22.0 Å². The lowest BCUT2D eigenvalue weighted by Gasteiger charge is -1.92. The predicted molar refractivity (Wildman–Crippen MR) is 57.8 cm³/mol. The van der Waals surface area contributed by atoms with Gasteiger partial charge in [0.05, 0.1) is 0 Å². The number of azide groups is 1. The van der Waals surface area contributed by atoms with E-state index in [4.69, 9.17) is 5.53 Å². The van der Waals surface area contributed by atoms with Crippen LogP contribution >= 0.6 is 15.9 Å². The highest BCUT2D eigenvalue weighted by atomic mass is 79.9. The monoisotopic (exact) mass is 254 g/mol. The fourth-order valence-electron chi connectivity index (χ4n) is 0.861. The van der Waals surface area contributed by atoms with Crippen LogP contribution in [0.15, 0.2) is 32.7 Å². The average molecular weight is 255 g/mol. The summed E-state index contributed by atoms with van der Waals surface area (Å²) in [6.07, 6.45) is 4.79. The van der Waals surface area contributed by atoms with E-state index in [2.05, 4.69) is 30.9 Å². The molecule has 0 atom stereocenters. The first-order chi connectivity index (χ1) is 6.74. The zero-order valence-electron chi connectivity index (χ0n) is 7.14. The van der Waals surface area contributed by atoms with Gasteiger partial charge in [-0.05, 0) is 27.5 Å². The van der Waals surface area contributed by atoms with E-state index >= 15 is 0 Å². The van der Waals surface area contributed by atoms with Gasteiger partial charge in [-0.3, -0.25) is 4.79 Å². The van der Waals surface area contributed by atoms with Crippen LogP contribution in [0.2, 0.25) is 0 Å². The zero-order valence-corrected chi connectivity index (χ0v) is 8.73. The maximum Gasteiger partial charge on any atom is 0.255 e. The topological polar surface area (TPSA) is 81.6 Å². The van der Waals surface area contributed by atoms with Gasteiger partial charge in [0.1, 0.15) is 0 Å². The number of H-pyrrole nitrogens is 1. The van der Waals surface area contributed by atoms with E-state index < -0.39 is 0 Å². The summed E-state index contributed by atoms with van der Waals surface area (Å²) in [5.74, 6) is 0. The van der Waals surface area contributed by atoms with Crippen molar-refractivity contribution in [2.24, 2.45) is 5.11 Å². The Labute approximate surface area is 88.2 Å². The van der Waals surface area contributed by atoms with Gasteiger partial charge in [-0.2, -0.15) is 0 Å². The molecule has 0 spiro atoms. The largest absolute Gasteiger partial charge is 0.327 e. The Hall–Kier alpha value is -1.52. The van der Waals surface area contributed by atoms with Gasteiger partial charge in [-0.15, -0.1) is 0 Å². The number of nitrogens with zero attached hydrogens (tertiary/aromatic N) is 3. The summed E-state index contributed by atoms with van der Waals surface area (Å²) in [5, 5.41) is 3.31. The van der Waals surface area contributed by atoms with Crippen molar-refractivity contribution in [2.75, 3.05) is 6.54 Å². The molecule has 1 rings (SSSR count). The molecule has 1 aromatic rings. The summed E-state index contributed by atoms with van der Waals surface area (Å²) >= 11 is 3.23. The molecule has 1 aromatic heterocycles. The molecule has 0 aliphatic heterocycles. The second-order valence-electron chi connectivity index (χ2n) is 2.42. The number of nitrogens with one attached hydrogen (secondary N) is 1. The highest BCUT2D eigenvalue weighted by Crippen LogP contribution is 2.07. The summed E-state index contributed by atoms with van der Waals surface area (Å²) < 4.78 is 0.792. The number of aromatic nitrogens is 1. The lowest BCUT2D eigenvalue weighted by molar-refractivity contribution is 1.20. The quantitative estimate of drug-likeness (QED) is 0.502. The molecule has 0 aliphatic rings. The normalized spacial score (nSPS) is 10.1. The molecule has 0 bridgehead atoms. The van der Waals surface area contributed by atoms with Crippen LogP contribution in [-0.2, 0) is 0 Å². The first-order valence-electron chi connectivity index (χ1n) is 3.79. The highest BCUT2D eigenvalue weighted by molar-refractivity contribution is 9.10. The van der Waals surface area contributed by atoms with Crippen molar-refractivity contribution < 1.29 is 0 Å². The Bertz CT molecular complexity index is 445. The van der Waals surface area contributed by atoms with Gasteiger partial charge in [-0.25, -0.2) is 0 Å². The molecular weight excluding hydrogens is 248 g/mol. The Morgan fingerprint density at radius 3 is 3.21 bits per heavy atom. The number of rotatable bonds is 3. The molecular formula is C8H7BrN4O. The molecule has 0 saturated carbocycles. The number of pyridine rings is 1. The lowest BCUT2D eigenvalue weighted by Crippen LogP contribution is -2.07. The van der Waals surface area contributed by atoms with Crippen LogP contribution in [0, 0.1) is 0 Å². The lowest BCUT2D eigenvalue weighted by atomic mass is 10.2. The Morgan fingerprint density at radius 2 is 2.50 bits per heavy atom. The van der Waals surface area contributed by atoms with Gasteiger partial charge in [0.2, 0.25) is 0 Å². The van der Waals surface area contributed by atoms with Gasteiger partial charge < -0.3 is 4.98 Å².